The number of hydrogen-bond donors (Lipinski definition) is 2. The fourth-order valence-electron chi connectivity index (χ4n) is 1.53. The molecule has 0 saturated heterocycles. The van der Waals surface area contributed by atoms with Gasteiger partial charge in [-0.25, -0.2) is 0 Å². The third-order valence-electron chi connectivity index (χ3n) is 2.15. The first kappa shape index (κ1) is 8.91. The summed E-state index contributed by atoms with van der Waals surface area (Å²) < 4.78 is 0. The van der Waals surface area contributed by atoms with E-state index in [4.69, 9.17) is 5.11 Å². The lowest BCUT2D eigenvalue weighted by Crippen LogP contribution is -1.90. The second kappa shape index (κ2) is 4.03. The standard InChI is InChI=1S/C10H13NOS/c12-5-6-13-9-1-2-10-8(7-9)3-4-11-10/h1-2,7,11-12H,3-6H2. The molecule has 0 aliphatic carbocycles. The molecule has 1 aliphatic heterocycles. The molecule has 0 unspecified atom stereocenters. The molecule has 2 N–H and O–H groups in total. The maximum Gasteiger partial charge on any atom is 0.0525 e. The number of hydrogen-bond acceptors (Lipinski definition) is 3. The van der Waals surface area contributed by atoms with Crippen LogP contribution in [0.15, 0.2) is 23.1 Å². The van der Waals surface area contributed by atoms with Gasteiger partial charge in [0.25, 0.3) is 0 Å². The molecular formula is C10H13NOS. The molecule has 0 atom stereocenters. The van der Waals surface area contributed by atoms with E-state index in [-0.39, 0.29) is 6.61 Å². The van der Waals surface area contributed by atoms with Crippen LogP contribution in [-0.2, 0) is 6.42 Å². The summed E-state index contributed by atoms with van der Waals surface area (Å²) >= 11 is 1.71. The van der Waals surface area contributed by atoms with Crippen molar-refractivity contribution in [2.75, 3.05) is 24.2 Å². The van der Waals surface area contributed by atoms with Gasteiger partial charge in [-0.15, -0.1) is 11.8 Å². The van der Waals surface area contributed by atoms with Gasteiger partial charge >= 0.3 is 0 Å². The molecule has 0 saturated carbocycles. The lowest BCUT2D eigenvalue weighted by molar-refractivity contribution is 0.322. The van der Waals surface area contributed by atoms with Crippen molar-refractivity contribution in [2.24, 2.45) is 0 Å². The van der Waals surface area contributed by atoms with Crippen LogP contribution in [0.2, 0.25) is 0 Å². The van der Waals surface area contributed by atoms with E-state index in [1.807, 2.05) is 0 Å². The predicted molar refractivity (Wildman–Crippen MR) is 56.4 cm³/mol. The quantitative estimate of drug-likeness (QED) is 0.721. The van der Waals surface area contributed by atoms with Gasteiger partial charge in [0, 0.05) is 22.9 Å². The van der Waals surface area contributed by atoms with Crippen LogP contribution in [0, 0.1) is 0 Å². The van der Waals surface area contributed by atoms with Gasteiger partial charge < -0.3 is 10.4 Å². The van der Waals surface area contributed by atoms with Crippen molar-refractivity contribution in [2.45, 2.75) is 11.3 Å². The van der Waals surface area contributed by atoms with Crippen LogP contribution in [0.4, 0.5) is 5.69 Å². The summed E-state index contributed by atoms with van der Waals surface area (Å²) in [7, 11) is 0. The highest BCUT2D eigenvalue weighted by Gasteiger charge is 2.09. The van der Waals surface area contributed by atoms with Gasteiger partial charge in [0.1, 0.15) is 0 Å². The first-order valence-electron chi connectivity index (χ1n) is 4.50. The maximum absolute atomic E-state index is 8.69. The van der Waals surface area contributed by atoms with E-state index in [2.05, 4.69) is 23.5 Å². The Bertz CT molecular complexity index is 301. The lowest BCUT2D eigenvalue weighted by atomic mass is 10.2. The zero-order valence-electron chi connectivity index (χ0n) is 7.42. The number of nitrogens with one attached hydrogen (secondary N) is 1. The zero-order chi connectivity index (χ0) is 9.10. The summed E-state index contributed by atoms with van der Waals surface area (Å²) in [5.74, 6) is 0.784. The van der Waals surface area contributed by atoms with Crippen molar-refractivity contribution in [3.63, 3.8) is 0 Å². The first-order valence-corrected chi connectivity index (χ1v) is 5.49. The summed E-state index contributed by atoms with van der Waals surface area (Å²) in [5, 5.41) is 12.0. The molecule has 0 radical (unpaired) electrons. The minimum atomic E-state index is 0.250. The number of benzene rings is 1. The van der Waals surface area contributed by atoms with Gasteiger partial charge in [-0.1, -0.05) is 0 Å². The van der Waals surface area contributed by atoms with Gasteiger partial charge in [0.15, 0.2) is 0 Å². The highest BCUT2D eigenvalue weighted by Crippen LogP contribution is 2.27. The SMILES string of the molecule is OCCSc1ccc2c(c1)CCN2. The average Bonchev–Trinajstić information content (AvgIpc) is 2.61. The van der Waals surface area contributed by atoms with Crippen molar-refractivity contribution in [1.82, 2.24) is 0 Å². The van der Waals surface area contributed by atoms with E-state index in [1.165, 1.54) is 16.1 Å². The Hall–Kier alpha value is -0.670. The molecule has 1 aromatic rings. The summed E-state index contributed by atoms with van der Waals surface area (Å²) in [4.78, 5) is 1.26. The molecule has 1 aliphatic rings. The van der Waals surface area contributed by atoms with Crippen molar-refractivity contribution < 1.29 is 5.11 Å². The fraction of sp³-hybridized carbons (Fsp3) is 0.400. The maximum atomic E-state index is 8.69. The van der Waals surface area contributed by atoms with Crippen molar-refractivity contribution in [1.29, 1.82) is 0 Å². The lowest BCUT2D eigenvalue weighted by Gasteiger charge is -2.03. The van der Waals surface area contributed by atoms with Crippen LogP contribution in [0.5, 0.6) is 0 Å². The van der Waals surface area contributed by atoms with E-state index >= 15 is 0 Å². The first-order chi connectivity index (χ1) is 6.40. The Morgan fingerprint density at radius 1 is 1.46 bits per heavy atom. The second-order valence-corrected chi connectivity index (χ2v) is 4.24. The fourth-order valence-corrected chi connectivity index (χ4v) is 2.25. The van der Waals surface area contributed by atoms with Crippen molar-refractivity contribution >= 4 is 17.4 Å². The van der Waals surface area contributed by atoms with Crippen molar-refractivity contribution in [3.05, 3.63) is 23.8 Å². The van der Waals surface area contributed by atoms with E-state index < -0.39 is 0 Å². The molecule has 2 nitrogen and oxygen atoms in total. The number of fused-ring (bicyclic) bond motifs is 1. The van der Waals surface area contributed by atoms with E-state index in [0.717, 1.165) is 18.7 Å². The summed E-state index contributed by atoms with van der Waals surface area (Å²) in [6, 6.07) is 6.45. The third kappa shape index (κ3) is 1.98. The zero-order valence-corrected chi connectivity index (χ0v) is 8.23. The van der Waals surface area contributed by atoms with Crippen LogP contribution in [0.25, 0.3) is 0 Å². The van der Waals surface area contributed by atoms with Gasteiger partial charge in [0.05, 0.1) is 6.61 Å². The minimum Gasteiger partial charge on any atom is -0.396 e. The van der Waals surface area contributed by atoms with Crippen LogP contribution >= 0.6 is 11.8 Å². The monoisotopic (exact) mass is 195 g/mol. The molecular weight excluding hydrogens is 182 g/mol. The highest BCUT2D eigenvalue weighted by atomic mass is 32.2. The largest absolute Gasteiger partial charge is 0.396 e. The van der Waals surface area contributed by atoms with Crippen LogP contribution < -0.4 is 5.32 Å². The highest BCUT2D eigenvalue weighted by molar-refractivity contribution is 7.99. The Balaban J connectivity index is 2.12. The molecule has 13 heavy (non-hydrogen) atoms. The summed E-state index contributed by atoms with van der Waals surface area (Å²) in [6.45, 7) is 1.31. The molecule has 1 aromatic carbocycles. The van der Waals surface area contributed by atoms with Gasteiger partial charge in [-0.3, -0.25) is 0 Å². The molecule has 0 spiro atoms. The number of thioether (sulfide) groups is 1. The van der Waals surface area contributed by atoms with Gasteiger partial charge in [0.2, 0.25) is 0 Å². The molecule has 70 valence electrons. The Kier molecular flexibility index (Phi) is 2.76. The number of rotatable bonds is 3. The van der Waals surface area contributed by atoms with Crippen LogP contribution in [0.1, 0.15) is 5.56 Å². The molecule has 0 bridgehead atoms. The van der Waals surface area contributed by atoms with Crippen molar-refractivity contribution in [3.8, 4) is 0 Å². The molecule has 0 aromatic heterocycles. The molecule has 0 amide bonds. The topological polar surface area (TPSA) is 32.3 Å². The molecule has 0 fully saturated rings. The number of aliphatic hydroxyl groups is 1. The summed E-state index contributed by atoms with van der Waals surface area (Å²) in [6.07, 6.45) is 1.13. The van der Waals surface area contributed by atoms with Gasteiger partial charge in [-0.2, -0.15) is 0 Å². The predicted octanol–water partition coefficient (Wildman–Crippen LogP) is 1.74. The van der Waals surface area contributed by atoms with E-state index in [0.29, 0.717) is 0 Å². The Morgan fingerprint density at radius 2 is 2.38 bits per heavy atom. The number of aliphatic hydroxyl groups excluding tert-OH is 1. The molecule has 1 heterocycles. The summed E-state index contributed by atoms with van der Waals surface area (Å²) in [5.41, 5.74) is 2.68. The third-order valence-corrected chi connectivity index (χ3v) is 3.12. The minimum absolute atomic E-state index is 0.250. The van der Waals surface area contributed by atoms with E-state index in [1.54, 1.807) is 11.8 Å². The average molecular weight is 195 g/mol. The van der Waals surface area contributed by atoms with Gasteiger partial charge in [-0.05, 0) is 30.2 Å². The van der Waals surface area contributed by atoms with Crippen LogP contribution in [-0.4, -0.2) is 24.0 Å². The Labute approximate surface area is 82.4 Å². The molecule has 3 heteroatoms. The number of anilines is 1. The Morgan fingerprint density at radius 3 is 3.23 bits per heavy atom. The van der Waals surface area contributed by atoms with E-state index in [9.17, 15) is 0 Å². The normalized spacial score (nSPS) is 13.9. The molecule has 2 rings (SSSR count). The second-order valence-electron chi connectivity index (χ2n) is 3.07. The smallest absolute Gasteiger partial charge is 0.0525 e. The van der Waals surface area contributed by atoms with Crippen LogP contribution in [0.3, 0.4) is 0 Å².